The third-order valence-electron chi connectivity index (χ3n) is 1.89. The summed E-state index contributed by atoms with van der Waals surface area (Å²) < 4.78 is 0. The molecule has 0 spiro atoms. The number of aryl methyl sites for hydroxylation is 1. The molecule has 1 aromatic carbocycles. The molecule has 0 aliphatic heterocycles. The highest BCUT2D eigenvalue weighted by atomic mass is 15.6. The molecule has 2 rings (SSSR count). The molecular weight excluding hydrogens is 178 g/mol. The number of nitrogen functional groups attached to an aromatic ring is 1. The number of tetrazole rings is 1. The second-order valence-electron chi connectivity index (χ2n) is 3.11. The molecule has 5 nitrogen and oxygen atoms in total. The van der Waals surface area contributed by atoms with Gasteiger partial charge in [0, 0.05) is 12.1 Å². The van der Waals surface area contributed by atoms with Crippen molar-refractivity contribution < 1.29 is 0 Å². The van der Waals surface area contributed by atoms with E-state index in [0.717, 1.165) is 17.1 Å². The standard InChI is InChI=1S/C9H11N5/c1-14-12-9(11-13-14)6-7-2-4-8(10)5-3-7/h2-5H,6,10H2,1H3. The Morgan fingerprint density at radius 1 is 1.29 bits per heavy atom. The Kier molecular flexibility index (Phi) is 2.14. The van der Waals surface area contributed by atoms with Crippen molar-refractivity contribution in [1.82, 2.24) is 20.2 Å². The van der Waals surface area contributed by atoms with E-state index < -0.39 is 0 Å². The molecule has 0 bridgehead atoms. The van der Waals surface area contributed by atoms with Gasteiger partial charge in [0.1, 0.15) is 0 Å². The molecule has 1 aromatic heterocycles. The lowest BCUT2D eigenvalue weighted by molar-refractivity contribution is 0.628. The summed E-state index contributed by atoms with van der Waals surface area (Å²) in [4.78, 5) is 1.45. The van der Waals surface area contributed by atoms with Gasteiger partial charge in [0.25, 0.3) is 0 Å². The van der Waals surface area contributed by atoms with E-state index in [2.05, 4.69) is 15.4 Å². The van der Waals surface area contributed by atoms with E-state index in [1.807, 2.05) is 24.3 Å². The molecule has 1 heterocycles. The van der Waals surface area contributed by atoms with Gasteiger partial charge in [-0.3, -0.25) is 0 Å². The number of anilines is 1. The van der Waals surface area contributed by atoms with Crippen molar-refractivity contribution in [2.75, 3.05) is 5.73 Å². The van der Waals surface area contributed by atoms with Crippen LogP contribution in [0.5, 0.6) is 0 Å². The lowest BCUT2D eigenvalue weighted by Gasteiger charge is -1.96. The summed E-state index contributed by atoms with van der Waals surface area (Å²) in [6.07, 6.45) is 0.689. The summed E-state index contributed by atoms with van der Waals surface area (Å²) in [5.74, 6) is 0.720. The minimum absolute atomic E-state index is 0.689. The van der Waals surface area contributed by atoms with Crippen LogP contribution in [0.2, 0.25) is 0 Å². The molecule has 0 saturated heterocycles. The molecule has 2 aromatic rings. The quantitative estimate of drug-likeness (QED) is 0.693. The Balaban J connectivity index is 2.15. The number of hydrogen-bond donors (Lipinski definition) is 1. The third kappa shape index (κ3) is 1.87. The molecule has 14 heavy (non-hydrogen) atoms. The molecule has 0 unspecified atom stereocenters. The zero-order valence-corrected chi connectivity index (χ0v) is 7.88. The first-order valence-corrected chi connectivity index (χ1v) is 4.31. The summed E-state index contributed by atoms with van der Waals surface area (Å²) in [5, 5.41) is 11.8. The van der Waals surface area contributed by atoms with Gasteiger partial charge in [0.05, 0.1) is 7.05 Å². The highest BCUT2D eigenvalue weighted by Gasteiger charge is 2.01. The molecular formula is C9H11N5. The number of rotatable bonds is 2. The number of hydrogen-bond acceptors (Lipinski definition) is 4. The van der Waals surface area contributed by atoms with Gasteiger partial charge >= 0.3 is 0 Å². The molecule has 0 radical (unpaired) electrons. The van der Waals surface area contributed by atoms with Crippen molar-refractivity contribution in [1.29, 1.82) is 0 Å². The van der Waals surface area contributed by atoms with E-state index in [-0.39, 0.29) is 0 Å². The van der Waals surface area contributed by atoms with Gasteiger partial charge in [-0.25, -0.2) is 0 Å². The van der Waals surface area contributed by atoms with Crippen LogP contribution >= 0.6 is 0 Å². The minimum Gasteiger partial charge on any atom is -0.399 e. The topological polar surface area (TPSA) is 69.6 Å². The molecule has 0 saturated carbocycles. The first-order chi connectivity index (χ1) is 6.74. The Morgan fingerprint density at radius 3 is 2.57 bits per heavy atom. The highest BCUT2D eigenvalue weighted by Crippen LogP contribution is 2.08. The van der Waals surface area contributed by atoms with E-state index in [9.17, 15) is 0 Å². The second kappa shape index (κ2) is 3.45. The normalized spacial score (nSPS) is 10.4. The predicted molar refractivity (Wildman–Crippen MR) is 52.5 cm³/mol. The van der Waals surface area contributed by atoms with Gasteiger partial charge in [-0.1, -0.05) is 12.1 Å². The molecule has 0 fully saturated rings. The lowest BCUT2D eigenvalue weighted by Crippen LogP contribution is -1.94. The molecule has 0 aliphatic rings. The highest BCUT2D eigenvalue weighted by molar-refractivity contribution is 5.39. The summed E-state index contributed by atoms with van der Waals surface area (Å²) >= 11 is 0. The second-order valence-corrected chi connectivity index (χ2v) is 3.11. The molecule has 2 N–H and O–H groups in total. The van der Waals surface area contributed by atoms with E-state index in [4.69, 9.17) is 5.73 Å². The first kappa shape index (κ1) is 8.68. The number of nitrogens with zero attached hydrogens (tertiary/aromatic N) is 4. The van der Waals surface area contributed by atoms with Crippen LogP contribution in [-0.4, -0.2) is 20.2 Å². The fraction of sp³-hybridized carbons (Fsp3) is 0.222. The van der Waals surface area contributed by atoms with Crippen molar-refractivity contribution in [3.05, 3.63) is 35.7 Å². The van der Waals surface area contributed by atoms with E-state index >= 15 is 0 Å². The van der Waals surface area contributed by atoms with Crippen LogP contribution in [0.15, 0.2) is 24.3 Å². The van der Waals surface area contributed by atoms with Gasteiger partial charge in [-0.05, 0) is 22.9 Å². The molecule has 0 aliphatic carbocycles. The Labute approximate surface area is 81.5 Å². The van der Waals surface area contributed by atoms with Crippen LogP contribution in [0.3, 0.4) is 0 Å². The summed E-state index contributed by atoms with van der Waals surface area (Å²) in [7, 11) is 1.75. The molecule has 72 valence electrons. The summed E-state index contributed by atoms with van der Waals surface area (Å²) in [5.41, 5.74) is 7.47. The largest absolute Gasteiger partial charge is 0.399 e. The van der Waals surface area contributed by atoms with E-state index in [1.165, 1.54) is 4.80 Å². The van der Waals surface area contributed by atoms with Crippen LogP contribution < -0.4 is 5.73 Å². The smallest absolute Gasteiger partial charge is 0.179 e. The SMILES string of the molecule is Cn1nnc(Cc2ccc(N)cc2)n1. The van der Waals surface area contributed by atoms with E-state index in [1.54, 1.807) is 7.05 Å². The zero-order chi connectivity index (χ0) is 9.97. The summed E-state index contributed by atoms with van der Waals surface area (Å²) in [6.45, 7) is 0. The Hall–Kier alpha value is -1.91. The zero-order valence-electron chi connectivity index (χ0n) is 7.88. The maximum atomic E-state index is 5.58. The fourth-order valence-corrected chi connectivity index (χ4v) is 1.21. The monoisotopic (exact) mass is 189 g/mol. The van der Waals surface area contributed by atoms with Crippen LogP contribution in [0.1, 0.15) is 11.4 Å². The van der Waals surface area contributed by atoms with Crippen LogP contribution in [0, 0.1) is 0 Å². The molecule has 0 atom stereocenters. The van der Waals surface area contributed by atoms with Crippen LogP contribution in [0.4, 0.5) is 5.69 Å². The number of aromatic nitrogens is 4. The third-order valence-corrected chi connectivity index (χ3v) is 1.89. The first-order valence-electron chi connectivity index (χ1n) is 4.31. The van der Waals surface area contributed by atoms with Crippen molar-refractivity contribution in [3.8, 4) is 0 Å². The van der Waals surface area contributed by atoms with Gasteiger partial charge in [0.15, 0.2) is 5.82 Å². The lowest BCUT2D eigenvalue weighted by atomic mass is 10.1. The predicted octanol–water partition coefficient (Wildman–Crippen LogP) is 0.383. The molecule has 5 heteroatoms. The van der Waals surface area contributed by atoms with Crippen molar-refractivity contribution in [2.24, 2.45) is 7.05 Å². The van der Waals surface area contributed by atoms with Crippen molar-refractivity contribution >= 4 is 5.69 Å². The number of nitrogens with two attached hydrogens (primary N) is 1. The van der Waals surface area contributed by atoms with Crippen molar-refractivity contribution in [2.45, 2.75) is 6.42 Å². The summed E-state index contributed by atoms with van der Waals surface area (Å²) in [6, 6.07) is 7.66. The Morgan fingerprint density at radius 2 is 2.00 bits per heavy atom. The van der Waals surface area contributed by atoms with Gasteiger partial charge in [-0.2, -0.15) is 4.80 Å². The molecule has 0 amide bonds. The van der Waals surface area contributed by atoms with Crippen LogP contribution in [-0.2, 0) is 13.5 Å². The van der Waals surface area contributed by atoms with E-state index in [0.29, 0.717) is 6.42 Å². The van der Waals surface area contributed by atoms with Gasteiger partial charge in [-0.15, -0.1) is 10.2 Å². The average Bonchev–Trinajstić information content (AvgIpc) is 2.56. The fourth-order valence-electron chi connectivity index (χ4n) is 1.21. The number of benzene rings is 1. The maximum Gasteiger partial charge on any atom is 0.179 e. The van der Waals surface area contributed by atoms with Crippen LogP contribution in [0.25, 0.3) is 0 Å². The average molecular weight is 189 g/mol. The maximum absolute atomic E-state index is 5.58. The van der Waals surface area contributed by atoms with Crippen molar-refractivity contribution in [3.63, 3.8) is 0 Å². The van der Waals surface area contributed by atoms with Gasteiger partial charge in [0.2, 0.25) is 0 Å². The minimum atomic E-state index is 0.689. The Bertz CT molecular complexity index is 417. The van der Waals surface area contributed by atoms with Gasteiger partial charge < -0.3 is 5.73 Å².